The Morgan fingerprint density at radius 2 is 1.60 bits per heavy atom. The van der Waals surface area contributed by atoms with Crippen LogP contribution in [0.15, 0.2) is 59.5 Å². The van der Waals surface area contributed by atoms with Crippen molar-refractivity contribution in [1.82, 2.24) is 19.4 Å². The molecule has 2 saturated heterocycles. The molecule has 1 N–H and O–H groups in total. The summed E-state index contributed by atoms with van der Waals surface area (Å²) in [7, 11) is -3.64. The van der Waals surface area contributed by atoms with Crippen molar-refractivity contribution in [1.29, 1.82) is 0 Å². The zero-order valence-electron chi connectivity index (χ0n) is 19.9. The normalized spacial score (nSPS) is 21.3. The Labute approximate surface area is 205 Å². The third-order valence-electron chi connectivity index (χ3n) is 6.61. The van der Waals surface area contributed by atoms with Crippen LogP contribution in [-0.4, -0.2) is 73.1 Å². The summed E-state index contributed by atoms with van der Waals surface area (Å²) in [6.45, 7) is 4.00. The Bertz CT molecular complexity index is 1210. The summed E-state index contributed by atoms with van der Waals surface area (Å²) in [6, 6.07) is 15.1. The van der Waals surface area contributed by atoms with Gasteiger partial charge in [-0.1, -0.05) is 55.8 Å². The van der Waals surface area contributed by atoms with Crippen LogP contribution in [0.4, 0.5) is 4.79 Å². The molecule has 0 aliphatic carbocycles. The van der Waals surface area contributed by atoms with Gasteiger partial charge in [-0.3, -0.25) is 14.5 Å². The molecule has 4 amide bonds. The first-order valence-electron chi connectivity index (χ1n) is 11.7. The fourth-order valence-corrected chi connectivity index (χ4v) is 5.93. The van der Waals surface area contributed by atoms with Crippen molar-refractivity contribution < 1.29 is 22.8 Å². The fourth-order valence-electron chi connectivity index (χ4n) is 4.48. The van der Waals surface area contributed by atoms with Crippen LogP contribution in [0.5, 0.6) is 0 Å². The van der Waals surface area contributed by atoms with Gasteiger partial charge in [-0.15, -0.1) is 0 Å². The fraction of sp³-hybridized carbons (Fsp3) is 0.400. The zero-order valence-corrected chi connectivity index (χ0v) is 20.8. The Balaban J connectivity index is 1.39. The first-order valence-corrected chi connectivity index (χ1v) is 13.2. The molecule has 2 aliphatic rings. The zero-order chi connectivity index (χ0) is 25.2. The van der Waals surface area contributed by atoms with E-state index in [0.29, 0.717) is 5.56 Å². The third kappa shape index (κ3) is 4.81. The van der Waals surface area contributed by atoms with Crippen molar-refractivity contribution in [2.45, 2.75) is 37.1 Å². The van der Waals surface area contributed by atoms with Gasteiger partial charge in [0.1, 0.15) is 12.1 Å². The smallest absolute Gasteiger partial charge is 0.325 e. The lowest BCUT2D eigenvalue weighted by atomic mass is 9.91. The second kappa shape index (κ2) is 9.79. The molecule has 0 spiro atoms. The maximum Gasteiger partial charge on any atom is 0.325 e. The van der Waals surface area contributed by atoms with Gasteiger partial charge in [0.2, 0.25) is 15.9 Å². The third-order valence-corrected chi connectivity index (χ3v) is 8.52. The molecule has 2 aromatic carbocycles. The summed E-state index contributed by atoms with van der Waals surface area (Å²) in [6.07, 6.45) is 1.94. The second-order valence-corrected chi connectivity index (χ2v) is 10.9. The summed E-state index contributed by atoms with van der Waals surface area (Å²) >= 11 is 0. The number of carbonyl (C=O) groups excluding carboxylic acids is 3. The van der Waals surface area contributed by atoms with E-state index in [-0.39, 0.29) is 37.6 Å². The molecule has 2 heterocycles. The number of sulfonamides is 1. The van der Waals surface area contributed by atoms with Gasteiger partial charge in [-0.05, 0) is 36.6 Å². The minimum atomic E-state index is -3.64. The van der Waals surface area contributed by atoms with E-state index in [4.69, 9.17) is 0 Å². The van der Waals surface area contributed by atoms with E-state index in [1.165, 1.54) is 9.21 Å². The number of hydrogen-bond acceptors (Lipinski definition) is 5. The van der Waals surface area contributed by atoms with Crippen molar-refractivity contribution in [3.63, 3.8) is 0 Å². The summed E-state index contributed by atoms with van der Waals surface area (Å²) in [5, 5.41) is 2.73. The second-order valence-electron chi connectivity index (χ2n) is 8.99. The van der Waals surface area contributed by atoms with Crippen LogP contribution in [0.3, 0.4) is 0 Å². The van der Waals surface area contributed by atoms with Crippen LogP contribution in [-0.2, 0) is 31.6 Å². The summed E-state index contributed by atoms with van der Waals surface area (Å²) in [5.74, 6) is -0.878. The van der Waals surface area contributed by atoms with E-state index in [2.05, 4.69) is 12.2 Å². The van der Waals surface area contributed by atoms with Gasteiger partial charge in [-0.25, -0.2) is 13.2 Å². The maximum atomic E-state index is 13.2. The number of piperazine rings is 1. The molecular weight excluding hydrogens is 468 g/mol. The molecule has 2 aliphatic heterocycles. The first kappa shape index (κ1) is 24.9. The molecule has 0 bridgehead atoms. The number of nitrogens with zero attached hydrogens (tertiary/aromatic N) is 3. The number of rotatable bonds is 7. The topological polar surface area (TPSA) is 107 Å². The van der Waals surface area contributed by atoms with Crippen molar-refractivity contribution in [2.75, 3.05) is 32.7 Å². The molecule has 1 atom stereocenters. The molecule has 0 radical (unpaired) electrons. The molecule has 1 unspecified atom stereocenters. The molecule has 35 heavy (non-hydrogen) atoms. The van der Waals surface area contributed by atoms with Gasteiger partial charge in [0.05, 0.1) is 4.90 Å². The molecule has 9 nitrogen and oxygen atoms in total. The number of imide groups is 1. The van der Waals surface area contributed by atoms with Crippen molar-refractivity contribution in [3.05, 3.63) is 65.7 Å². The van der Waals surface area contributed by atoms with Gasteiger partial charge < -0.3 is 10.2 Å². The number of aryl methyl sites for hydroxylation is 1. The first-order chi connectivity index (χ1) is 16.7. The lowest BCUT2D eigenvalue weighted by Gasteiger charge is -2.34. The minimum Gasteiger partial charge on any atom is -0.338 e. The van der Waals surface area contributed by atoms with E-state index in [1.807, 2.05) is 24.3 Å². The Hall–Kier alpha value is -3.24. The van der Waals surface area contributed by atoms with Crippen molar-refractivity contribution >= 4 is 27.9 Å². The van der Waals surface area contributed by atoms with Crippen molar-refractivity contribution in [2.24, 2.45) is 0 Å². The highest BCUT2D eigenvalue weighted by atomic mass is 32.2. The molecule has 0 saturated carbocycles. The quantitative estimate of drug-likeness (QED) is 0.587. The SMILES string of the molecule is CCCc1ccc(C2(C)NC(=O)N(CC(=O)N3CCN(S(=O)(=O)c4ccccc4)CC3)C2=O)cc1. The predicted octanol–water partition coefficient (Wildman–Crippen LogP) is 1.94. The van der Waals surface area contributed by atoms with E-state index in [9.17, 15) is 22.8 Å². The van der Waals surface area contributed by atoms with Crippen LogP contribution < -0.4 is 5.32 Å². The lowest BCUT2D eigenvalue weighted by Crippen LogP contribution is -2.53. The number of amides is 4. The average Bonchev–Trinajstić information content (AvgIpc) is 3.09. The van der Waals surface area contributed by atoms with E-state index in [1.54, 1.807) is 37.3 Å². The highest BCUT2D eigenvalue weighted by Crippen LogP contribution is 2.29. The van der Waals surface area contributed by atoms with Gasteiger partial charge >= 0.3 is 6.03 Å². The van der Waals surface area contributed by atoms with Crippen LogP contribution in [0.2, 0.25) is 0 Å². The van der Waals surface area contributed by atoms with Gasteiger partial charge in [0, 0.05) is 26.2 Å². The summed E-state index contributed by atoms with van der Waals surface area (Å²) < 4.78 is 27.0. The maximum absolute atomic E-state index is 13.2. The molecule has 4 rings (SSSR count). The number of carbonyl (C=O) groups is 3. The predicted molar refractivity (Wildman–Crippen MR) is 130 cm³/mol. The number of hydrogen-bond donors (Lipinski definition) is 1. The lowest BCUT2D eigenvalue weighted by molar-refractivity contribution is -0.139. The molecule has 2 aromatic rings. The number of benzene rings is 2. The van der Waals surface area contributed by atoms with Crippen LogP contribution in [0.25, 0.3) is 0 Å². The van der Waals surface area contributed by atoms with Crippen molar-refractivity contribution in [3.8, 4) is 0 Å². The van der Waals surface area contributed by atoms with Gasteiger partial charge in [-0.2, -0.15) is 4.31 Å². The van der Waals surface area contributed by atoms with E-state index < -0.39 is 33.4 Å². The largest absolute Gasteiger partial charge is 0.338 e. The molecular formula is C25H30N4O5S. The van der Waals surface area contributed by atoms with E-state index in [0.717, 1.165) is 23.3 Å². The van der Waals surface area contributed by atoms with Crippen LogP contribution >= 0.6 is 0 Å². The average molecular weight is 499 g/mol. The Morgan fingerprint density at radius 1 is 0.971 bits per heavy atom. The Morgan fingerprint density at radius 3 is 2.20 bits per heavy atom. The molecule has 186 valence electrons. The van der Waals surface area contributed by atoms with Gasteiger partial charge in [0.15, 0.2) is 0 Å². The Kier molecular flexibility index (Phi) is 6.95. The summed E-state index contributed by atoms with van der Waals surface area (Å²) in [5.41, 5.74) is 0.562. The highest BCUT2D eigenvalue weighted by Gasteiger charge is 2.49. The van der Waals surface area contributed by atoms with Crippen LogP contribution in [0.1, 0.15) is 31.4 Å². The van der Waals surface area contributed by atoms with Crippen LogP contribution in [0, 0.1) is 0 Å². The standard InChI is InChI=1S/C25H30N4O5S/c1-3-7-19-10-12-20(13-11-19)25(2)23(31)29(24(32)26-25)18-22(30)27-14-16-28(17-15-27)35(33,34)21-8-5-4-6-9-21/h4-6,8-13H,3,7,14-18H2,1-2H3,(H,26,32). The highest BCUT2D eigenvalue weighted by molar-refractivity contribution is 7.89. The molecule has 0 aromatic heterocycles. The molecule has 2 fully saturated rings. The van der Waals surface area contributed by atoms with Gasteiger partial charge in [0.25, 0.3) is 5.91 Å². The number of urea groups is 1. The summed E-state index contributed by atoms with van der Waals surface area (Å²) in [4.78, 5) is 41.4. The monoisotopic (exact) mass is 498 g/mol. The molecule has 10 heteroatoms. The number of nitrogens with one attached hydrogen (secondary N) is 1. The van der Waals surface area contributed by atoms with E-state index >= 15 is 0 Å². The minimum absolute atomic E-state index is 0.144.